The van der Waals surface area contributed by atoms with Crippen molar-refractivity contribution in [2.24, 2.45) is 0 Å². The Labute approximate surface area is 115 Å². The first-order valence-corrected chi connectivity index (χ1v) is 7.38. The van der Waals surface area contributed by atoms with Gasteiger partial charge in [-0.05, 0) is 42.4 Å². The number of amides is 1. The van der Waals surface area contributed by atoms with Gasteiger partial charge in [0.05, 0.1) is 0 Å². The zero-order chi connectivity index (χ0) is 13.1. The van der Waals surface area contributed by atoms with Crippen LogP contribution in [-0.4, -0.2) is 30.4 Å². The van der Waals surface area contributed by atoms with Crippen molar-refractivity contribution >= 4 is 6.41 Å². The van der Waals surface area contributed by atoms with Crippen molar-refractivity contribution in [1.82, 2.24) is 10.2 Å². The molecule has 19 heavy (non-hydrogen) atoms. The summed E-state index contributed by atoms with van der Waals surface area (Å²) in [7, 11) is 0. The van der Waals surface area contributed by atoms with Gasteiger partial charge < -0.3 is 5.32 Å². The van der Waals surface area contributed by atoms with E-state index >= 15 is 0 Å². The second-order valence-electron chi connectivity index (χ2n) is 5.72. The number of hydrogen-bond donors (Lipinski definition) is 1. The summed E-state index contributed by atoms with van der Waals surface area (Å²) in [5.41, 5.74) is 4.19. The van der Waals surface area contributed by atoms with Crippen molar-refractivity contribution in [1.29, 1.82) is 0 Å². The van der Waals surface area contributed by atoms with Gasteiger partial charge in [0, 0.05) is 25.7 Å². The lowest BCUT2D eigenvalue weighted by Gasteiger charge is -2.36. The molecule has 0 aromatic heterocycles. The average molecular weight is 258 g/mol. The Hall–Kier alpha value is -1.35. The number of nitrogens with zero attached hydrogens (tertiary/aromatic N) is 1. The number of carbonyl (C=O) groups excluding carboxylic acids is 1. The fourth-order valence-electron chi connectivity index (χ4n) is 3.18. The van der Waals surface area contributed by atoms with E-state index in [1.165, 1.54) is 55.5 Å². The summed E-state index contributed by atoms with van der Waals surface area (Å²) < 4.78 is 0. The smallest absolute Gasteiger partial charge is 0.207 e. The fourth-order valence-corrected chi connectivity index (χ4v) is 3.18. The molecule has 102 valence electrons. The third-order valence-corrected chi connectivity index (χ3v) is 4.59. The third kappa shape index (κ3) is 2.81. The highest BCUT2D eigenvalue weighted by atomic mass is 16.1. The van der Waals surface area contributed by atoms with Crippen LogP contribution in [0.4, 0.5) is 0 Å². The minimum atomic E-state index is 0.642. The summed E-state index contributed by atoms with van der Waals surface area (Å²) in [5.74, 6) is 0. The molecule has 1 aliphatic carbocycles. The van der Waals surface area contributed by atoms with Crippen molar-refractivity contribution in [2.75, 3.05) is 13.1 Å². The minimum absolute atomic E-state index is 0.642. The highest BCUT2D eigenvalue weighted by molar-refractivity contribution is 5.46. The quantitative estimate of drug-likeness (QED) is 0.836. The molecule has 1 heterocycles. The van der Waals surface area contributed by atoms with Gasteiger partial charge in [0.15, 0.2) is 0 Å². The predicted octanol–water partition coefficient (Wildman–Crippen LogP) is 1.89. The average Bonchev–Trinajstić information content (AvgIpc) is 2.57. The maximum atomic E-state index is 10.4. The van der Waals surface area contributed by atoms with Crippen LogP contribution < -0.4 is 5.32 Å². The predicted molar refractivity (Wildman–Crippen MR) is 76.0 cm³/mol. The Morgan fingerprint density at radius 3 is 2.68 bits per heavy atom. The van der Waals surface area contributed by atoms with Gasteiger partial charge in [-0.3, -0.25) is 9.69 Å². The maximum Gasteiger partial charge on any atom is 0.207 e. The van der Waals surface area contributed by atoms with E-state index in [-0.39, 0.29) is 0 Å². The van der Waals surface area contributed by atoms with E-state index < -0.39 is 0 Å². The number of fused-ring (bicyclic) bond motifs is 1. The molecule has 1 amide bonds. The normalized spacial score (nSPS) is 20.2. The van der Waals surface area contributed by atoms with Crippen LogP contribution in [0.3, 0.4) is 0 Å². The van der Waals surface area contributed by atoms with Gasteiger partial charge in [0.25, 0.3) is 0 Å². The van der Waals surface area contributed by atoms with E-state index in [2.05, 4.69) is 28.4 Å². The Bertz CT molecular complexity index is 454. The molecule has 1 aliphatic heterocycles. The number of rotatable bonds is 4. The number of hydrogen-bond acceptors (Lipinski definition) is 2. The second kappa shape index (κ2) is 5.74. The lowest BCUT2D eigenvalue weighted by Crippen LogP contribution is -2.41. The van der Waals surface area contributed by atoms with E-state index in [9.17, 15) is 4.79 Å². The van der Waals surface area contributed by atoms with Gasteiger partial charge in [-0.2, -0.15) is 0 Å². The highest BCUT2D eigenvalue weighted by Crippen LogP contribution is 2.27. The van der Waals surface area contributed by atoms with Crippen LogP contribution in [0.5, 0.6) is 0 Å². The van der Waals surface area contributed by atoms with E-state index in [0.717, 1.165) is 18.9 Å². The van der Waals surface area contributed by atoms with Crippen LogP contribution >= 0.6 is 0 Å². The summed E-state index contributed by atoms with van der Waals surface area (Å²) in [6, 6.07) is 7.52. The molecule has 0 radical (unpaired) electrons. The van der Waals surface area contributed by atoms with E-state index in [1.54, 1.807) is 0 Å². The molecule has 0 spiro atoms. The molecule has 1 aromatic carbocycles. The molecule has 0 unspecified atom stereocenters. The summed E-state index contributed by atoms with van der Waals surface area (Å²) >= 11 is 0. The summed E-state index contributed by atoms with van der Waals surface area (Å²) in [4.78, 5) is 13.0. The van der Waals surface area contributed by atoms with Crippen LogP contribution in [-0.2, 0) is 24.2 Å². The topological polar surface area (TPSA) is 32.3 Å². The minimum Gasteiger partial charge on any atom is -0.355 e. The molecule has 3 heteroatoms. The highest BCUT2D eigenvalue weighted by Gasteiger charge is 2.26. The SMILES string of the molecule is O=CNCc1ccc2c(c1)CCN(C1CCC1)CC2. The van der Waals surface area contributed by atoms with Crippen LogP contribution in [0.1, 0.15) is 36.0 Å². The Kier molecular flexibility index (Phi) is 3.83. The van der Waals surface area contributed by atoms with Gasteiger partial charge in [-0.25, -0.2) is 0 Å². The molecule has 3 nitrogen and oxygen atoms in total. The first-order valence-electron chi connectivity index (χ1n) is 7.38. The van der Waals surface area contributed by atoms with Crippen molar-refractivity contribution in [2.45, 2.75) is 44.7 Å². The van der Waals surface area contributed by atoms with Crippen LogP contribution in [0.2, 0.25) is 0 Å². The number of benzene rings is 1. The van der Waals surface area contributed by atoms with Gasteiger partial charge in [-0.1, -0.05) is 24.6 Å². The van der Waals surface area contributed by atoms with Crippen LogP contribution in [0, 0.1) is 0 Å². The van der Waals surface area contributed by atoms with Crippen LogP contribution in [0.15, 0.2) is 18.2 Å². The zero-order valence-corrected chi connectivity index (χ0v) is 11.4. The molecular formula is C16H22N2O. The first kappa shape index (κ1) is 12.7. The first-order chi connectivity index (χ1) is 9.36. The largest absolute Gasteiger partial charge is 0.355 e. The van der Waals surface area contributed by atoms with Crippen molar-refractivity contribution in [3.63, 3.8) is 0 Å². The third-order valence-electron chi connectivity index (χ3n) is 4.59. The van der Waals surface area contributed by atoms with Gasteiger partial charge in [-0.15, -0.1) is 0 Å². The molecule has 0 bridgehead atoms. The molecule has 0 saturated heterocycles. The van der Waals surface area contributed by atoms with E-state index in [4.69, 9.17) is 0 Å². The molecule has 1 saturated carbocycles. The number of nitrogens with one attached hydrogen (secondary N) is 1. The molecule has 2 aliphatic rings. The Morgan fingerprint density at radius 2 is 2.00 bits per heavy atom. The van der Waals surface area contributed by atoms with Gasteiger partial charge in [0.2, 0.25) is 6.41 Å². The molecular weight excluding hydrogens is 236 g/mol. The number of carbonyl (C=O) groups is 1. The standard InChI is InChI=1S/C16H22N2O/c19-12-17-11-13-4-5-14-6-8-18(16-2-1-3-16)9-7-15(14)10-13/h4-5,10,12,16H,1-3,6-9,11H2,(H,17,19). The van der Waals surface area contributed by atoms with E-state index in [1.807, 2.05) is 0 Å². The van der Waals surface area contributed by atoms with E-state index in [0.29, 0.717) is 6.54 Å². The monoisotopic (exact) mass is 258 g/mol. The Morgan fingerprint density at radius 1 is 1.21 bits per heavy atom. The molecule has 1 fully saturated rings. The summed E-state index contributed by atoms with van der Waals surface area (Å²) in [6.07, 6.45) is 7.29. The molecule has 1 aromatic rings. The Balaban J connectivity index is 1.69. The zero-order valence-electron chi connectivity index (χ0n) is 11.4. The lowest BCUT2D eigenvalue weighted by atomic mass is 9.91. The molecule has 0 atom stereocenters. The van der Waals surface area contributed by atoms with Crippen LogP contribution in [0.25, 0.3) is 0 Å². The van der Waals surface area contributed by atoms with Crippen molar-refractivity contribution in [3.8, 4) is 0 Å². The van der Waals surface area contributed by atoms with Gasteiger partial charge in [0.1, 0.15) is 0 Å². The summed E-state index contributed by atoms with van der Waals surface area (Å²) in [5, 5.41) is 2.74. The molecule has 3 rings (SSSR count). The van der Waals surface area contributed by atoms with Crippen molar-refractivity contribution < 1.29 is 4.79 Å². The van der Waals surface area contributed by atoms with Crippen molar-refractivity contribution in [3.05, 3.63) is 34.9 Å². The molecule has 1 N–H and O–H groups in total. The maximum absolute atomic E-state index is 10.4. The summed E-state index contributed by atoms with van der Waals surface area (Å²) in [6.45, 7) is 3.05. The second-order valence-corrected chi connectivity index (χ2v) is 5.72. The lowest BCUT2D eigenvalue weighted by molar-refractivity contribution is -0.109. The van der Waals surface area contributed by atoms with Gasteiger partial charge >= 0.3 is 0 Å². The fraction of sp³-hybridized carbons (Fsp3) is 0.562.